The molecule has 0 aliphatic heterocycles. The maximum Gasteiger partial charge on any atom is 0.284 e. The number of carbonyl (C=O) groups is 2. The third-order valence-electron chi connectivity index (χ3n) is 3.40. The van der Waals surface area contributed by atoms with Crippen molar-refractivity contribution in [2.75, 3.05) is 5.32 Å². The zero-order valence-corrected chi connectivity index (χ0v) is 13.9. The molecule has 3 N–H and O–H groups in total. The highest BCUT2D eigenvalue weighted by molar-refractivity contribution is 7.20. The van der Waals surface area contributed by atoms with E-state index in [0.29, 0.717) is 15.6 Å². The number of anilines is 1. The number of rotatable bonds is 4. The van der Waals surface area contributed by atoms with Crippen LogP contribution in [0.25, 0.3) is 10.1 Å². The van der Waals surface area contributed by atoms with Gasteiger partial charge in [0.1, 0.15) is 0 Å². The van der Waals surface area contributed by atoms with Crippen LogP contribution in [0.1, 0.15) is 15.2 Å². The Labute approximate surface area is 146 Å². The first-order valence-electron chi connectivity index (χ1n) is 7.07. The molecule has 5 nitrogen and oxygen atoms in total. The molecule has 0 atom stereocenters. The Morgan fingerprint density at radius 2 is 1.83 bits per heavy atom. The highest BCUT2D eigenvalue weighted by Gasteiger charge is 2.10. The Balaban J connectivity index is 1.73. The zero-order valence-electron chi connectivity index (χ0n) is 12.4. The molecule has 0 radical (unpaired) electrons. The van der Waals surface area contributed by atoms with E-state index in [2.05, 4.69) is 5.32 Å². The number of hydrogen-bond donors (Lipinski definition) is 3. The second kappa shape index (κ2) is 7.00. The Bertz CT molecular complexity index is 906. The number of fused-ring (bicyclic) bond motifs is 1. The maximum absolute atomic E-state index is 12.1. The summed E-state index contributed by atoms with van der Waals surface area (Å²) in [6.07, 6.45) is 0.247. The number of carbonyl (C=O) groups excluding carboxylic acids is 2. The van der Waals surface area contributed by atoms with Crippen LogP contribution in [0, 0.1) is 0 Å². The molecule has 1 aromatic heterocycles. The normalized spacial score (nSPS) is 10.6. The van der Waals surface area contributed by atoms with Gasteiger partial charge in [0.15, 0.2) is 0 Å². The van der Waals surface area contributed by atoms with Crippen molar-refractivity contribution in [1.29, 1.82) is 0 Å². The smallest absolute Gasteiger partial charge is 0.284 e. The van der Waals surface area contributed by atoms with Crippen LogP contribution in [0.3, 0.4) is 0 Å². The molecule has 3 aromatic rings. The Kier molecular flexibility index (Phi) is 4.80. The largest absolute Gasteiger partial charge is 0.326 e. The van der Waals surface area contributed by atoms with Crippen LogP contribution in [0.4, 0.5) is 5.69 Å². The van der Waals surface area contributed by atoms with Gasteiger partial charge in [0.05, 0.1) is 11.3 Å². The molecule has 122 valence electrons. The molecule has 24 heavy (non-hydrogen) atoms. The molecule has 0 saturated heterocycles. The topological polar surface area (TPSA) is 78.4 Å². The number of thiophene rings is 1. The summed E-state index contributed by atoms with van der Waals surface area (Å²) in [6.45, 7) is 0. The van der Waals surface area contributed by atoms with Gasteiger partial charge >= 0.3 is 0 Å². The van der Waals surface area contributed by atoms with E-state index >= 15 is 0 Å². The van der Waals surface area contributed by atoms with Gasteiger partial charge in [-0.05, 0) is 47.3 Å². The molecule has 7 heteroatoms. The second-order valence-electron chi connectivity index (χ2n) is 5.16. The number of hydrogen-bond acceptors (Lipinski definition) is 4. The third kappa shape index (κ3) is 3.73. The van der Waals surface area contributed by atoms with Crippen LogP contribution in [0.5, 0.6) is 0 Å². The predicted octanol–water partition coefficient (Wildman–Crippen LogP) is 3.85. The van der Waals surface area contributed by atoms with E-state index < -0.39 is 5.91 Å². The van der Waals surface area contributed by atoms with Crippen molar-refractivity contribution in [2.45, 2.75) is 6.42 Å². The lowest BCUT2D eigenvalue weighted by molar-refractivity contribution is -0.115. The van der Waals surface area contributed by atoms with Crippen LogP contribution in [0.15, 0.2) is 48.5 Å². The molecule has 3 rings (SSSR count). The fourth-order valence-electron chi connectivity index (χ4n) is 2.28. The van der Waals surface area contributed by atoms with Crippen molar-refractivity contribution in [1.82, 2.24) is 5.48 Å². The monoisotopic (exact) mass is 360 g/mol. The molecule has 2 aromatic carbocycles. The molecular formula is C17H13ClN2O3S. The SMILES string of the molecule is O=C(Cc1ccc(Cl)cc1)Nc1ccc2sc(C(=O)NO)cc2c1. The third-order valence-corrected chi connectivity index (χ3v) is 4.77. The lowest BCUT2D eigenvalue weighted by Gasteiger charge is -2.05. The lowest BCUT2D eigenvalue weighted by atomic mass is 10.1. The fourth-order valence-corrected chi connectivity index (χ4v) is 3.34. The van der Waals surface area contributed by atoms with Gasteiger partial charge in [-0.15, -0.1) is 11.3 Å². The Morgan fingerprint density at radius 3 is 2.54 bits per heavy atom. The molecule has 0 bridgehead atoms. The van der Waals surface area contributed by atoms with Crippen molar-refractivity contribution in [2.24, 2.45) is 0 Å². The second-order valence-corrected chi connectivity index (χ2v) is 6.68. The van der Waals surface area contributed by atoms with E-state index in [-0.39, 0.29) is 12.3 Å². The Hall–Kier alpha value is -2.41. The van der Waals surface area contributed by atoms with E-state index in [9.17, 15) is 9.59 Å². The van der Waals surface area contributed by atoms with Gasteiger partial charge in [-0.3, -0.25) is 14.8 Å². The number of nitrogens with one attached hydrogen (secondary N) is 2. The maximum atomic E-state index is 12.1. The number of amides is 2. The van der Waals surface area contributed by atoms with E-state index in [1.54, 1.807) is 35.8 Å². The summed E-state index contributed by atoms with van der Waals surface area (Å²) in [5.74, 6) is -0.690. The highest BCUT2D eigenvalue weighted by Crippen LogP contribution is 2.28. The molecule has 0 aliphatic rings. The number of halogens is 1. The van der Waals surface area contributed by atoms with Gasteiger partial charge in [-0.25, -0.2) is 5.48 Å². The first-order valence-corrected chi connectivity index (χ1v) is 8.27. The first kappa shape index (κ1) is 16.4. The summed E-state index contributed by atoms with van der Waals surface area (Å²) < 4.78 is 0.893. The zero-order chi connectivity index (χ0) is 17.1. The average molecular weight is 361 g/mol. The standard InChI is InChI=1S/C17H13ClN2O3S/c18-12-3-1-10(2-4-12)7-16(21)19-13-5-6-14-11(8-13)9-15(24-14)17(22)20-23/h1-6,8-9,23H,7H2,(H,19,21)(H,20,22). The van der Waals surface area contributed by atoms with E-state index in [0.717, 1.165) is 15.6 Å². The summed E-state index contributed by atoms with van der Waals surface area (Å²) in [5, 5.41) is 13.0. The van der Waals surface area contributed by atoms with Gasteiger partial charge in [-0.1, -0.05) is 23.7 Å². The number of hydroxylamine groups is 1. The molecule has 0 spiro atoms. The summed E-state index contributed by atoms with van der Waals surface area (Å²) >= 11 is 7.09. The van der Waals surface area contributed by atoms with E-state index in [1.807, 2.05) is 18.2 Å². The fraction of sp³-hybridized carbons (Fsp3) is 0.0588. The van der Waals surface area contributed by atoms with Crippen LogP contribution in [-0.2, 0) is 11.2 Å². The molecule has 2 amide bonds. The Morgan fingerprint density at radius 1 is 1.08 bits per heavy atom. The minimum Gasteiger partial charge on any atom is -0.326 e. The van der Waals surface area contributed by atoms with E-state index in [4.69, 9.17) is 16.8 Å². The van der Waals surface area contributed by atoms with Gasteiger partial charge in [-0.2, -0.15) is 0 Å². The summed E-state index contributed by atoms with van der Waals surface area (Å²) in [7, 11) is 0. The molecule has 0 fully saturated rings. The predicted molar refractivity (Wildman–Crippen MR) is 94.9 cm³/mol. The van der Waals surface area contributed by atoms with Gasteiger partial charge < -0.3 is 5.32 Å². The van der Waals surface area contributed by atoms with Crippen molar-refractivity contribution >= 4 is 50.5 Å². The van der Waals surface area contributed by atoms with Crippen LogP contribution < -0.4 is 10.8 Å². The molecule has 0 unspecified atom stereocenters. The van der Waals surface area contributed by atoms with Crippen molar-refractivity contribution in [3.8, 4) is 0 Å². The summed E-state index contributed by atoms with van der Waals surface area (Å²) in [4.78, 5) is 24.0. The molecule has 0 aliphatic carbocycles. The first-order chi connectivity index (χ1) is 11.5. The minimum atomic E-state index is -0.551. The minimum absolute atomic E-state index is 0.139. The van der Waals surface area contributed by atoms with Crippen molar-refractivity contribution < 1.29 is 14.8 Å². The van der Waals surface area contributed by atoms with Crippen LogP contribution >= 0.6 is 22.9 Å². The summed E-state index contributed by atoms with van der Waals surface area (Å²) in [6, 6.07) is 14.2. The van der Waals surface area contributed by atoms with Crippen molar-refractivity contribution in [3.05, 3.63) is 64.0 Å². The quantitative estimate of drug-likeness (QED) is 0.488. The summed E-state index contributed by atoms with van der Waals surface area (Å²) in [5.41, 5.74) is 3.13. The highest BCUT2D eigenvalue weighted by atomic mass is 35.5. The number of benzene rings is 2. The van der Waals surface area contributed by atoms with Crippen LogP contribution in [0.2, 0.25) is 5.02 Å². The lowest BCUT2D eigenvalue weighted by Crippen LogP contribution is -2.16. The molecular weight excluding hydrogens is 348 g/mol. The average Bonchev–Trinajstić information content (AvgIpc) is 2.99. The molecule has 1 heterocycles. The van der Waals surface area contributed by atoms with Gasteiger partial charge in [0.25, 0.3) is 5.91 Å². The van der Waals surface area contributed by atoms with Gasteiger partial charge in [0, 0.05) is 15.4 Å². The van der Waals surface area contributed by atoms with Gasteiger partial charge in [0.2, 0.25) is 5.91 Å². The van der Waals surface area contributed by atoms with E-state index in [1.165, 1.54) is 11.3 Å². The molecule has 0 saturated carbocycles. The van der Waals surface area contributed by atoms with Crippen LogP contribution in [-0.4, -0.2) is 17.0 Å². The van der Waals surface area contributed by atoms with Crippen molar-refractivity contribution in [3.63, 3.8) is 0 Å².